The Morgan fingerprint density at radius 1 is 1.71 bits per heavy atom. The van der Waals surface area contributed by atoms with E-state index in [2.05, 4.69) is 0 Å². The van der Waals surface area contributed by atoms with Gasteiger partial charge in [0.1, 0.15) is 0 Å². The van der Waals surface area contributed by atoms with Crippen molar-refractivity contribution in [1.82, 2.24) is 0 Å². The lowest BCUT2D eigenvalue weighted by atomic mass is 10.1. The lowest BCUT2D eigenvalue weighted by molar-refractivity contribution is 0.533. The van der Waals surface area contributed by atoms with Gasteiger partial charge in [-0.1, -0.05) is 0 Å². The van der Waals surface area contributed by atoms with Crippen LogP contribution in [0.1, 0.15) is 6.42 Å². The van der Waals surface area contributed by atoms with E-state index in [0.717, 1.165) is 0 Å². The SMILES string of the molecule is O=[C]CC1CSC1. The maximum absolute atomic E-state index is 9.67. The number of thioether (sulfide) groups is 1. The molecule has 1 nitrogen and oxygen atoms in total. The van der Waals surface area contributed by atoms with Crippen molar-refractivity contribution in [2.24, 2.45) is 5.92 Å². The quantitative estimate of drug-likeness (QED) is 0.530. The van der Waals surface area contributed by atoms with Crippen molar-refractivity contribution < 1.29 is 4.79 Å². The molecule has 0 aromatic carbocycles. The Kier molecular flexibility index (Phi) is 1.74. The molecule has 0 N–H and O–H groups in total. The fraction of sp³-hybridized carbons (Fsp3) is 0.800. The van der Waals surface area contributed by atoms with Crippen LogP contribution in [0.5, 0.6) is 0 Å². The van der Waals surface area contributed by atoms with Crippen molar-refractivity contribution in [3.63, 3.8) is 0 Å². The van der Waals surface area contributed by atoms with E-state index in [-0.39, 0.29) is 0 Å². The first-order chi connectivity index (χ1) is 3.43. The van der Waals surface area contributed by atoms with Crippen LogP contribution in [0.4, 0.5) is 0 Å². The first-order valence-electron chi connectivity index (χ1n) is 2.36. The van der Waals surface area contributed by atoms with Gasteiger partial charge in [0.15, 0.2) is 6.29 Å². The molecule has 0 atom stereocenters. The molecule has 1 fully saturated rings. The van der Waals surface area contributed by atoms with Crippen LogP contribution in [0.25, 0.3) is 0 Å². The summed E-state index contributed by atoms with van der Waals surface area (Å²) in [5.41, 5.74) is 0. The minimum absolute atomic E-state index is 0.660. The molecule has 1 rings (SSSR count). The highest BCUT2D eigenvalue weighted by Crippen LogP contribution is 2.25. The second-order valence-corrected chi connectivity index (χ2v) is 2.83. The monoisotopic (exact) mass is 115 g/mol. The van der Waals surface area contributed by atoms with Crippen molar-refractivity contribution in [3.05, 3.63) is 0 Å². The third-order valence-corrected chi connectivity index (χ3v) is 2.49. The highest BCUT2D eigenvalue weighted by molar-refractivity contribution is 8.00. The molecule has 7 heavy (non-hydrogen) atoms. The lowest BCUT2D eigenvalue weighted by Crippen LogP contribution is -2.17. The molecule has 0 spiro atoms. The Morgan fingerprint density at radius 2 is 2.43 bits per heavy atom. The van der Waals surface area contributed by atoms with E-state index >= 15 is 0 Å². The second kappa shape index (κ2) is 2.36. The molecule has 1 aliphatic heterocycles. The van der Waals surface area contributed by atoms with E-state index < -0.39 is 0 Å². The van der Waals surface area contributed by atoms with Gasteiger partial charge >= 0.3 is 0 Å². The average Bonchev–Trinajstić information content (AvgIpc) is 1.55. The Balaban J connectivity index is 2.03. The van der Waals surface area contributed by atoms with E-state index in [1.165, 1.54) is 11.5 Å². The summed E-state index contributed by atoms with van der Waals surface area (Å²) in [5, 5.41) is 0. The molecule has 0 aromatic rings. The summed E-state index contributed by atoms with van der Waals surface area (Å²) in [6.45, 7) is 0. The lowest BCUT2D eigenvalue weighted by Gasteiger charge is -2.21. The minimum atomic E-state index is 0.660. The fourth-order valence-corrected chi connectivity index (χ4v) is 1.32. The van der Waals surface area contributed by atoms with Crippen molar-refractivity contribution in [3.8, 4) is 0 Å². The third-order valence-electron chi connectivity index (χ3n) is 1.08. The van der Waals surface area contributed by atoms with Gasteiger partial charge in [-0.25, -0.2) is 0 Å². The largest absolute Gasteiger partial charge is 0.291 e. The molecule has 1 saturated heterocycles. The van der Waals surface area contributed by atoms with Crippen molar-refractivity contribution in [2.45, 2.75) is 6.42 Å². The van der Waals surface area contributed by atoms with Crippen LogP contribution in [0, 0.1) is 5.92 Å². The van der Waals surface area contributed by atoms with Crippen molar-refractivity contribution in [2.75, 3.05) is 11.5 Å². The molecule has 0 aromatic heterocycles. The summed E-state index contributed by atoms with van der Waals surface area (Å²) in [5.74, 6) is 3.02. The summed E-state index contributed by atoms with van der Waals surface area (Å²) in [7, 11) is 0. The van der Waals surface area contributed by atoms with Gasteiger partial charge in [0, 0.05) is 6.42 Å². The standard InChI is InChI=1S/C5H7OS/c6-2-1-5-3-7-4-5/h5H,1,3-4H2. The number of carbonyl (C=O) groups excluding carboxylic acids is 1. The smallest absolute Gasteiger partial charge is 0.198 e. The van der Waals surface area contributed by atoms with Crippen LogP contribution in [0.3, 0.4) is 0 Å². The molecule has 0 amide bonds. The number of hydrogen-bond donors (Lipinski definition) is 0. The van der Waals surface area contributed by atoms with Crippen LogP contribution in [0.2, 0.25) is 0 Å². The maximum Gasteiger partial charge on any atom is 0.198 e. The van der Waals surface area contributed by atoms with Crippen LogP contribution in [-0.2, 0) is 4.79 Å². The highest BCUT2D eigenvalue weighted by Gasteiger charge is 2.16. The van der Waals surface area contributed by atoms with E-state index in [4.69, 9.17) is 0 Å². The Bertz CT molecular complexity index is 68.5. The van der Waals surface area contributed by atoms with Crippen molar-refractivity contribution in [1.29, 1.82) is 0 Å². The molecule has 0 aliphatic carbocycles. The predicted molar refractivity (Wildman–Crippen MR) is 31.1 cm³/mol. The van der Waals surface area contributed by atoms with Gasteiger partial charge in [-0.05, 0) is 17.4 Å². The molecule has 0 unspecified atom stereocenters. The summed E-state index contributed by atoms with van der Waals surface area (Å²) < 4.78 is 0. The Morgan fingerprint density at radius 3 is 2.57 bits per heavy atom. The molecule has 1 radical (unpaired) electrons. The van der Waals surface area contributed by atoms with E-state index in [9.17, 15) is 4.79 Å². The van der Waals surface area contributed by atoms with Crippen LogP contribution < -0.4 is 0 Å². The summed E-state index contributed by atoms with van der Waals surface area (Å²) in [6.07, 6.45) is 2.57. The van der Waals surface area contributed by atoms with Crippen molar-refractivity contribution >= 4 is 18.0 Å². The first-order valence-corrected chi connectivity index (χ1v) is 3.51. The van der Waals surface area contributed by atoms with Gasteiger partial charge in [0.25, 0.3) is 0 Å². The molecule has 1 heterocycles. The van der Waals surface area contributed by atoms with Gasteiger partial charge < -0.3 is 0 Å². The molecule has 0 saturated carbocycles. The van der Waals surface area contributed by atoms with Gasteiger partial charge in [-0.2, -0.15) is 11.8 Å². The van der Waals surface area contributed by atoms with Crippen LogP contribution in [-0.4, -0.2) is 17.8 Å². The summed E-state index contributed by atoms with van der Waals surface area (Å²) >= 11 is 1.91. The van der Waals surface area contributed by atoms with Gasteiger partial charge in [-0.15, -0.1) is 0 Å². The molecule has 39 valence electrons. The van der Waals surface area contributed by atoms with Crippen LogP contribution >= 0.6 is 11.8 Å². The molecule has 2 heteroatoms. The van der Waals surface area contributed by atoms with Gasteiger partial charge in [0.2, 0.25) is 0 Å². The fourth-order valence-electron chi connectivity index (χ4n) is 0.520. The summed E-state index contributed by atoms with van der Waals surface area (Å²) in [6, 6.07) is 0. The second-order valence-electron chi connectivity index (χ2n) is 1.75. The molecular formula is C5H7OS. The summed E-state index contributed by atoms with van der Waals surface area (Å²) in [4.78, 5) is 9.67. The highest BCUT2D eigenvalue weighted by atomic mass is 32.2. The zero-order valence-electron chi connectivity index (χ0n) is 4.02. The zero-order valence-corrected chi connectivity index (χ0v) is 4.83. The van der Waals surface area contributed by atoms with E-state index in [1.807, 2.05) is 18.0 Å². The maximum atomic E-state index is 9.67. The molecule has 0 bridgehead atoms. The normalized spacial score (nSPS) is 21.1. The Hall–Kier alpha value is 0.0200. The minimum Gasteiger partial charge on any atom is -0.291 e. The van der Waals surface area contributed by atoms with Gasteiger partial charge in [0.05, 0.1) is 0 Å². The first kappa shape index (κ1) is 5.16. The average molecular weight is 115 g/mol. The molecule has 1 aliphatic rings. The van der Waals surface area contributed by atoms with E-state index in [1.54, 1.807) is 0 Å². The van der Waals surface area contributed by atoms with Crippen LogP contribution in [0.15, 0.2) is 0 Å². The number of rotatable bonds is 2. The Labute approximate surface area is 47.5 Å². The predicted octanol–water partition coefficient (Wildman–Crippen LogP) is 0.849. The van der Waals surface area contributed by atoms with E-state index in [0.29, 0.717) is 12.3 Å². The topological polar surface area (TPSA) is 17.1 Å². The third kappa shape index (κ3) is 1.20. The number of hydrogen-bond acceptors (Lipinski definition) is 2. The zero-order chi connectivity index (χ0) is 5.11. The van der Waals surface area contributed by atoms with Gasteiger partial charge in [-0.3, -0.25) is 4.79 Å². The molecular weight excluding hydrogens is 108 g/mol.